The zero-order valence-electron chi connectivity index (χ0n) is 21.2. The van der Waals surface area contributed by atoms with Crippen molar-refractivity contribution in [3.63, 3.8) is 0 Å². The zero-order valence-corrected chi connectivity index (χ0v) is 21.2. The van der Waals surface area contributed by atoms with Gasteiger partial charge in [0.1, 0.15) is 6.10 Å². The minimum absolute atomic E-state index is 0.0138. The normalized spacial score (nSPS) is 19.0. The predicted octanol–water partition coefficient (Wildman–Crippen LogP) is 2.49. The molecule has 0 saturated carbocycles. The van der Waals surface area contributed by atoms with Crippen molar-refractivity contribution in [2.75, 3.05) is 32.1 Å². The van der Waals surface area contributed by atoms with Crippen LogP contribution in [-0.4, -0.2) is 83.8 Å². The van der Waals surface area contributed by atoms with E-state index in [2.05, 4.69) is 16.0 Å². The van der Waals surface area contributed by atoms with Gasteiger partial charge in [-0.1, -0.05) is 13.0 Å². The topological polar surface area (TPSA) is 123 Å². The predicted molar refractivity (Wildman–Crippen MR) is 131 cm³/mol. The molecule has 10 heteroatoms. The highest BCUT2D eigenvalue weighted by atomic mass is 16.5. The van der Waals surface area contributed by atoms with Crippen LogP contribution in [0.5, 0.6) is 5.75 Å². The average Bonchev–Trinajstić information content (AvgIpc) is 2.74. The molecule has 0 unspecified atom stereocenters. The molecule has 0 radical (unpaired) electrons. The van der Waals surface area contributed by atoms with Crippen LogP contribution in [0.2, 0.25) is 0 Å². The van der Waals surface area contributed by atoms with E-state index in [0.29, 0.717) is 12.2 Å². The summed E-state index contributed by atoms with van der Waals surface area (Å²) in [6, 6.07) is 3.84. The van der Waals surface area contributed by atoms with E-state index in [1.54, 1.807) is 42.0 Å². The van der Waals surface area contributed by atoms with Crippen LogP contribution in [0.4, 0.5) is 15.3 Å². The van der Waals surface area contributed by atoms with Crippen LogP contribution < -0.4 is 20.7 Å². The number of likely N-dealkylation sites (N-methyl/N-ethyl adjacent to an activating group) is 1. The summed E-state index contributed by atoms with van der Waals surface area (Å²) in [5.41, 5.74) is 0.641. The van der Waals surface area contributed by atoms with Crippen molar-refractivity contribution in [2.24, 2.45) is 5.92 Å². The molecule has 1 aliphatic rings. The average molecular weight is 478 g/mol. The van der Waals surface area contributed by atoms with Crippen LogP contribution in [0.25, 0.3) is 0 Å². The van der Waals surface area contributed by atoms with Crippen LogP contribution in [-0.2, 0) is 0 Å². The van der Waals surface area contributed by atoms with Gasteiger partial charge in [0.25, 0.3) is 5.91 Å². The van der Waals surface area contributed by atoms with Crippen LogP contribution in [0.3, 0.4) is 0 Å². The second-order valence-electron chi connectivity index (χ2n) is 9.54. The lowest BCUT2D eigenvalue weighted by atomic mass is 9.99. The third-order valence-electron chi connectivity index (χ3n) is 5.57. The van der Waals surface area contributed by atoms with Crippen molar-refractivity contribution >= 4 is 23.7 Å². The molecule has 2 rings (SSSR count). The molecule has 1 aliphatic heterocycles. The number of nitrogens with one attached hydrogen (secondary N) is 3. The number of carbonyl (C=O) groups is 3. The summed E-state index contributed by atoms with van der Waals surface area (Å²) < 4.78 is 6.37. The Morgan fingerprint density at radius 3 is 2.41 bits per heavy atom. The largest absolute Gasteiger partial charge is 0.485 e. The number of hydrogen-bond donors (Lipinski definition) is 4. The molecular formula is C24H39N5O5. The summed E-state index contributed by atoms with van der Waals surface area (Å²) >= 11 is 0. The smallest absolute Gasteiger partial charge is 0.319 e. The molecule has 0 spiro atoms. The van der Waals surface area contributed by atoms with Gasteiger partial charge in [0.05, 0.1) is 30.4 Å². The summed E-state index contributed by atoms with van der Waals surface area (Å²) in [4.78, 5) is 41.5. The van der Waals surface area contributed by atoms with Crippen molar-refractivity contribution in [2.45, 2.75) is 65.8 Å². The number of urea groups is 2. The Bertz CT molecular complexity index is 875. The molecule has 0 fully saturated rings. The number of aliphatic hydroxyl groups excluding tert-OH is 1. The fourth-order valence-corrected chi connectivity index (χ4v) is 3.69. The lowest BCUT2D eigenvalue weighted by Gasteiger charge is -2.38. The molecule has 0 aliphatic carbocycles. The number of hydrogen-bond acceptors (Lipinski definition) is 5. The molecule has 10 nitrogen and oxygen atoms in total. The molecule has 0 bridgehead atoms. The molecule has 1 aromatic carbocycles. The summed E-state index contributed by atoms with van der Waals surface area (Å²) in [6.45, 7) is 11.6. The van der Waals surface area contributed by atoms with Crippen LogP contribution >= 0.6 is 0 Å². The number of rotatable bonds is 7. The first-order valence-corrected chi connectivity index (χ1v) is 11.7. The summed E-state index contributed by atoms with van der Waals surface area (Å²) in [5.74, 6) is -0.214. The number of fused-ring (bicyclic) bond motifs is 1. The Morgan fingerprint density at radius 2 is 1.82 bits per heavy atom. The fraction of sp³-hybridized carbons (Fsp3) is 0.625. The van der Waals surface area contributed by atoms with Gasteiger partial charge in [0, 0.05) is 31.6 Å². The Labute approximate surface area is 202 Å². The van der Waals surface area contributed by atoms with E-state index in [1.807, 2.05) is 34.6 Å². The quantitative estimate of drug-likeness (QED) is 0.480. The molecular weight excluding hydrogens is 438 g/mol. The number of ether oxygens (including phenoxy) is 1. The summed E-state index contributed by atoms with van der Waals surface area (Å²) in [5, 5.41) is 18.2. The Hall–Kier alpha value is -3.01. The Kier molecular flexibility index (Phi) is 9.55. The number of anilines is 1. The highest BCUT2D eigenvalue weighted by Gasteiger charge is 2.35. The fourth-order valence-electron chi connectivity index (χ4n) is 3.69. The van der Waals surface area contributed by atoms with Gasteiger partial charge >= 0.3 is 12.1 Å². The van der Waals surface area contributed by atoms with Crippen molar-refractivity contribution < 1.29 is 24.2 Å². The number of para-hydroxylation sites is 1. The number of amides is 5. The van der Waals surface area contributed by atoms with Gasteiger partial charge in [-0.15, -0.1) is 0 Å². The molecule has 34 heavy (non-hydrogen) atoms. The zero-order chi connectivity index (χ0) is 25.6. The van der Waals surface area contributed by atoms with E-state index in [4.69, 9.17) is 4.74 Å². The van der Waals surface area contributed by atoms with E-state index in [1.165, 1.54) is 0 Å². The van der Waals surface area contributed by atoms with Crippen molar-refractivity contribution in [3.05, 3.63) is 23.8 Å². The van der Waals surface area contributed by atoms with Gasteiger partial charge < -0.3 is 35.6 Å². The van der Waals surface area contributed by atoms with Gasteiger partial charge in [0.15, 0.2) is 5.75 Å². The first-order valence-electron chi connectivity index (χ1n) is 11.7. The van der Waals surface area contributed by atoms with Gasteiger partial charge in [0.2, 0.25) is 0 Å². The molecule has 0 saturated heterocycles. The monoisotopic (exact) mass is 477 g/mol. The molecule has 0 aromatic heterocycles. The van der Waals surface area contributed by atoms with E-state index < -0.39 is 18.2 Å². The van der Waals surface area contributed by atoms with Gasteiger partial charge in [-0.05, 0) is 46.8 Å². The van der Waals surface area contributed by atoms with Crippen molar-refractivity contribution in [3.8, 4) is 5.75 Å². The molecule has 190 valence electrons. The SMILES string of the molecule is CC(C)NC(=O)Nc1cccc2c1O[C@@H](CN(C)C(=O)NC(C)C)[C@@H](C)CN([C@@H](C)CO)C2=O. The molecule has 4 N–H and O–H groups in total. The molecule has 3 atom stereocenters. The van der Waals surface area contributed by atoms with E-state index in [0.717, 1.165) is 0 Å². The van der Waals surface area contributed by atoms with E-state index >= 15 is 0 Å². The third kappa shape index (κ3) is 6.99. The Morgan fingerprint density at radius 1 is 1.18 bits per heavy atom. The molecule has 1 aromatic rings. The van der Waals surface area contributed by atoms with Crippen molar-refractivity contribution in [1.29, 1.82) is 0 Å². The number of benzene rings is 1. The van der Waals surface area contributed by atoms with Crippen molar-refractivity contribution in [1.82, 2.24) is 20.4 Å². The number of nitrogens with zero attached hydrogens (tertiary/aromatic N) is 2. The van der Waals surface area contributed by atoms with Crippen LogP contribution in [0.1, 0.15) is 51.9 Å². The first-order chi connectivity index (χ1) is 15.9. The minimum Gasteiger partial charge on any atom is -0.485 e. The maximum Gasteiger partial charge on any atom is 0.319 e. The first kappa shape index (κ1) is 27.2. The van der Waals surface area contributed by atoms with Gasteiger partial charge in [-0.25, -0.2) is 9.59 Å². The van der Waals surface area contributed by atoms with E-state index in [9.17, 15) is 19.5 Å². The lowest BCUT2D eigenvalue weighted by molar-refractivity contribution is 0.0368. The maximum absolute atomic E-state index is 13.4. The molecule has 1 heterocycles. The van der Waals surface area contributed by atoms with Gasteiger partial charge in [-0.3, -0.25) is 4.79 Å². The Balaban J connectivity index is 2.47. The summed E-state index contributed by atoms with van der Waals surface area (Å²) in [6.07, 6.45) is -0.473. The molecule has 5 amide bonds. The number of carbonyl (C=O) groups excluding carboxylic acids is 3. The highest BCUT2D eigenvalue weighted by Crippen LogP contribution is 2.35. The lowest BCUT2D eigenvalue weighted by Crippen LogP contribution is -2.51. The number of aliphatic hydroxyl groups is 1. The highest BCUT2D eigenvalue weighted by molar-refractivity contribution is 6.01. The maximum atomic E-state index is 13.4. The van der Waals surface area contributed by atoms with E-state index in [-0.39, 0.29) is 54.4 Å². The second kappa shape index (κ2) is 11.9. The standard InChI is InChI=1S/C24H39N5O5/c1-14(2)25-23(32)27-19-10-8-9-18-21(19)34-20(12-28(7)24(33)26-15(3)4)16(5)11-29(22(18)31)17(6)13-30/h8-10,14-17,20,30H,11-13H2,1-7H3,(H,26,33)(H2,25,27,32)/t16-,17-,20-/m0/s1. The van der Waals surface area contributed by atoms with Gasteiger partial charge in [-0.2, -0.15) is 0 Å². The summed E-state index contributed by atoms with van der Waals surface area (Å²) in [7, 11) is 1.69. The minimum atomic E-state index is -0.473. The third-order valence-corrected chi connectivity index (χ3v) is 5.57. The van der Waals surface area contributed by atoms with Crippen LogP contribution in [0, 0.1) is 5.92 Å². The second-order valence-corrected chi connectivity index (χ2v) is 9.54. The van der Waals surface area contributed by atoms with Crippen LogP contribution in [0.15, 0.2) is 18.2 Å².